The van der Waals surface area contributed by atoms with Crippen molar-refractivity contribution in [3.63, 3.8) is 0 Å². The van der Waals surface area contributed by atoms with Gasteiger partial charge >= 0.3 is 0 Å². The molecule has 7 nitrogen and oxygen atoms in total. The number of rotatable bonds is 4. The fourth-order valence-electron chi connectivity index (χ4n) is 3.24. The van der Waals surface area contributed by atoms with Crippen LogP contribution in [0.15, 0.2) is 48.5 Å². The molecule has 1 aliphatic heterocycles. The quantitative estimate of drug-likeness (QED) is 0.716. The fraction of sp³-hybridized carbons (Fsp3) is 0.238. The number of anilines is 2. The van der Waals surface area contributed by atoms with Crippen LogP contribution in [0.4, 0.5) is 11.6 Å². The summed E-state index contributed by atoms with van der Waals surface area (Å²) in [6, 6.07) is 14.2. The van der Waals surface area contributed by atoms with Gasteiger partial charge in [0.05, 0.1) is 11.0 Å². The molecule has 0 unspecified atom stereocenters. The molecule has 2 heterocycles. The van der Waals surface area contributed by atoms with E-state index in [2.05, 4.69) is 15.3 Å². The number of nitrogens with one attached hydrogen (secondary N) is 1. The molecule has 0 atom stereocenters. The van der Waals surface area contributed by atoms with Gasteiger partial charge in [-0.2, -0.15) is 0 Å². The molecule has 0 aliphatic carbocycles. The first kappa shape index (κ1) is 19.1. The van der Waals surface area contributed by atoms with E-state index in [0.717, 1.165) is 11.0 Å². The maximum atomic E-state index is 12.8. The molecular weight excluding hydrogens is 390 g/mol. The number of para-hydroxylation sites is 2. The minimum absolute atomic E-state index is 0.0969. The first-order valence-corrected chi connectivity index (χ1v) is 9.73. The van der Waals surface area contributed by atoms with Crippen molar-refractivity contribution >= 4 is 46.1 Å². The highest BCUT2D eigenvalue weighted by atomic mass is 35.5. The topological polar surface area (TPSA) is 78.4 Å². The van der Waals surface area contributed by atoms with Gasteiger partial charge in [0.25, 0.3) is 5.91 Å². The molecule has 4 rings (SSSR count). The first-order valence-electron chi connectivity index (χ1n) is 9.35. The van der Waals surface area contributed by atoms with E-state index in [9.17, 15) is 9.59 Å². The number of halogens is 1. The summed E-state index contributed by atoms with van der Waals surface area (Å²) in [5, 5.41) is 3.34. The molecule has 0 spiro atoms. The Morgan fingerprint density at radius 3 is 2.34 bits per heavy atom. The van der Waals surface area contributed by atoms with Crippen molar-refractivity contribution in [2.45, 2.75) is 6.42 Å². The highest BCUT2D eigenvalue weighted by molar-refractivity contribution is 6.30. The predicted octanol–water partition coefficient (Wildman–Crippen LogP) is 2.89. The molecule has 0 fully saturated rings. The van der Waals surface area contributed by atoms with Gasteiger partial charge in [-0.25, -0.2) is 9.97 Å². The van der Waals surface area contributed by atoms with Crippen molar-refractivity contribution < 1.29 is 9.59 Å². The molecule has 1 N–H and O–H groups in total. The van der Waals surface area contributed by atoms with Crippen LogP contribution in [0.2, 0.25) is 5.02 Å². The van der Waals surface area contributed by atoms with Gasteiger partial charge in [-0.05, 0) is 36.4 Å². The number of hydrogen-bond acceptors (Lipinski definition) is 5. The number of nitrogens with zero attached hydrogens (tertiary/aromatic N) is 4. The monoisotopic (exact) mass is 409 g/mol. The van der Waals surface area contributed by atoms with Crippen molar-refractivity contribution in [3.05, 3.63) is 59.1 Å². The summed E-state index contributed by atoms with van der Waals surface area (Å²) < 4.78 is 0. The van der Waals surface area contributed by atoms with E-state index < -0.39 is 0 Å². The van der Waals surface area contributed by atoms with Crippen molar-refractivity contribution in [2.75, 3.05) is 36.5 Å². The highest BCUT2D eigenvalue weighted by Crippen LogP contribution is 2.30. The van der Waals surface area contributed by atoms with E-state index in [1.807, 2.05) is 36.2 Å². The molecule has 0 saturated heterocycles. The maximum absolute atomic E-state index is 12.8. The molecular formula is C21H20ClN5O2. The Balaban J connectivity index is 1.45. The second-order valence-corrected chi connectivity index (χ2v) is 7.28. The van der Waals surface area contributed by atoms with Crippen molar-refractivity contribution in [1.29, 1.82) is 0 Å². The number of hydrogen-bond donors (Lipinski definition) is 1. The third-order valence-corrected chi connectivity index (χ3v) is 5.09. The van der Waals surface area contributed by atoms with Gasteiger partial charge in [0.2, 0.25) is 5.91 Å². The third kappa shape index (κ3) is 4.00. The van der Waals surface area contributed by atoms with Crippen LogP contribution in [0.5, 0.6) is 0 Å². The fourth-order valence-corrected chi connectivity index (χ4v) is 3.37. The molecule has 148 valence electrons. The number of carbonyl (C=O) groups excluding carboxylic acids is 2. The Morgan fingerprint density at radius 2 is 1.66 bits per heavy atom. The zero-order chi connectivity index (χ0) is 20.4. The summed E-state index contributed by atoms with van der Waals surface area (Å²) >= 11 is 5.84. The number of benzene rings is 2. The number of likely N-dealkylation sites (N-methyl/N-ethyl adjacent to an activating group) is 1. The van der Waals surface area contributed by atoms with Gasteiger partial charge in [0, 0.05) is 43.7 Å². The summed E-state index contributed by atoms with van der Waals surface area (Å²) in [4.78, 5) is 38.0. The molecule has 0 radical (unpaired) electrons. The summed E-state index contributed by atoms with van der Waals surface area (Å²) in [5.41, 5.74) is 2.04. The van der Waals surface area contributed by atoms with Crippen LogP contribution in [-0.2, 0) is 4.79 Å². The standard InChI is InChI=1S/C21H20ClN5O2/c1-26-12-13-27(20-19(26)24-16-4-2-3-5-17(16)25-20)18(28)10-11-23-21(29)14-6-8-15(22)9-7-14/h2-9H,10-13H2,1H3,(H,23,29). The normalized spacial score (nSPS) is 13.3. The summed E-state index contributed by atoms with van der Waals surface area (Å²) in [7, 11) is 1.94. The lowest BCUT2D eigenvalue weighted by atomic mass is 10.2. The second kappa shape index (κ2) is 8.05. The molecule has 1 aliphatic rings. The van der Waals surface area contributed by atoms with Crippen LogP contribution in [0, 0.1) is 0 Å². The Hall–Kier alpha value is -3.19. The number of aromatic nitrogens is 2. The van der Waals surface area contributed by atoms with E-state index in [1.165, 1.54) is 0 Å². The van der Waals surface area contributed by atoms with Gasteiger partial charge in [0.15, 0.2) is 11.6 Å². The SMILES string of the molecule is CN1CCN(C(=O)CCNC(=O)c2ccc(Cl)cc2)c2nc3ccccc3nc21. The van der Waals surface area contributed by atoms with Crippen LogP contribution < -0.4 is 15.1 Å². The van der Waals surface area contributed by atoms with Gasteiger partial charge < -0.3 is 10.2 Å². The molecule has 1 aromatic heterocycles. The van der Waals surface area contributed by atoms with Crippen molar-refractivity contribution in [3.8, 4) is 0 Å². The van der Waals surface area contributed by atoms with Gasteiger partial charge in [-0.15, -0.1) is 0 Å². The highest BCUT2D eigenvalue weighted by Gasteiger charge is 2.28. The molecule has 29 heavy (non-hydrogen) atoms. The van der Waals surface area contributed by atoms with Crippen LogP contribution in [0.1, 0.15) is 16.8 Å². The zero-order valence-corrected chi connectivity index (χ0v) is 16.7. The Kier molecular flexibility index (Phi) is 5.31. The summed E-state index contributed by atoms with van der Waals surface area (Å²) in [6.45, 7) is 1.44. The van der Waals surface area contributed by atoms with E-state index in [4.69, 9.17) is 11.6 Å². The first-order chi connectivity index (χ1) is 14.0. The van der Waals surface area contributed by atoms with Gasteiger partial charge in [-0.3, -0.25) is 14.5 Å². The predicted molar refractivity (Wildman–Crippen MR) is 114 cm³/mol. The minimum Gasteiger partial charge on any atom is -0.355 e. The van der Waals surface area contributed by atoms with E-state index in [-0.39, 0.29) is 24.8 Å². The summed E-state index contributed by atoms with van der Waals surface area (Å²) in [6.07, 6.45) is 0.178. The maximum Gasteiger partial charge on any atom is 0.251 e. The second-order valence-electron chi connectivity index (χ2n) is 6.84. The van der Waals surface area contributed by atoms with Crippen LogP contribution in [0.3, 0.4) is 0 Å². The lowest BCUT2D eigenvalue weighted by Gasteiger charge is -2.33. The van der Waals surface area contributed by atoms with Crippen molar-refractivity contribution in [1.82, 2.24) is 15.3 Å². The molecule has 2 amide bonds. The Labute approximate surface area is 173 Å². The summed E-state index contributed by atoms with van der Waals surface area (Å²) in [5.74, 6) is 0.916. The Bertz CT molecular complexity index is 1070. The zero-order valence-electron chi connectivity index (χ0n) is 15.9. The van der Waals surface area contributed by atoms with Gasteiger partial charge in [0.1, 0.15) is 0 Å². The van der Waals surface area contributed by atoms with Crippen LogP contribution in [0.25, 0.3) is 11.0 Å². The average molecular weight is 410 g/mol. The van der Waals surface area contributed by atoms with Crippen LogP contribution >= 0.6 is 11.6 Å². The molecule has 3 aromatic rings. The minimum atomic E-state index is -0.237. The number of amides is 2. The largest absolute Gasteiger partial charge is 0.355 e. The Morgan fingerprint density at radius 1 is 1.00 bits per heavy atom. The van der Waals surface area contributed by atoms with E-state index in [0.29, 0.717) is 35.3 Å². The number of carbonyl (C=O) groups is 2. The third-order valence-electron chi connectivity index (χ3n) is 4.84. The lowest BCUT2D eigenvalue weighted by Crippen LogP contribution is -2.44. The van der Waals surface area contributed by atoms with E-state index in [1.54, 1.807) is 29.2 Å². The number of fused-ring (bicyclic) bond motifs is 2. The van der Waals surface area contributed by atoms with Gasteiger partial charge in [-0.1, -0.05) is 23.7 Å². The molecule has 0 saturated carbocycles. The van der Waals surface area contributed by atoms with E-state index >= 15 is 0 Å². The van der Waals surface area contributed by atoms with Crippen molar-refractivity contribution in [2.24, 2.45) is 0 Å². The van der Waals surface area contributed by atoms with Crippen LogP contribution in [-0.4, -0.2) is 48.5 Å². The molecule has 0 bridgehead atoms. The average Bonchev–Trinajstić information content (AvgIpc) is 2.73. The molecule has 2 aromatic carbocycles. The smallest absolute Gasteiger partial charge is 0.251 e. The lowest BCUT2D eigenvalue weighted by molar-refractivity contribution is -0.118. The molecule has 8 heteroatoms.